The second-order valence-corrected chi connectivity index (χ2v) is 12.7. The molecule has 4 aromatic rings. The van der Waals surface area contributed by atoms with Gasteiger partial charge < -0.3 is 24.5 Å². The van der Waals surface area contributed by atoms with Crippen molar-refractivity contribution in [2.45, 2.75) is 38.4 Å². The van der Waals surface area contributed by atoms with Crippen molar-refractivity contribution < 1.29 is 26.7 Å². The molecule has 0 radical (unpaired) electrons. The van der Waals surface area contributed by atoms with Gasteiger partial charge in [-0.2, -0.15) is 13.1 Å². The van der Waals surface area contributed by atoms with Crippen LogP contribution in [0.1, 0.15) is 29.6 Å². The van der Waals surface area contributed by atoms with E-state index in [9.17, 15) is 22.0 Å². The van der Waals surface area contributed by atoms with E-state index in [4.69, 9.17) is 15.5 Å². The number of carbonyl (C=O) groups excluding carboxylic acids is 1. The Morgan fingerprint density at radius 3 is 2.56 bits per heavy atom. The molecule has 6 rings (SSSR count). The zero-order chi connectivity index (χ0) is 29.2. The first-order chi connectivity index (χ1) is 19.5. The molecule has 41 heavy (non-hydrogen) atoms. The molecule has 2 N–H and O–H groups in total. The standard InChI is InChI=1S/C27H31F2N7O4S/c1-33-23-19(10-17(12-21(23)40-2)26(37)34-9-8-18(30)14-34)31-25(33)20-11-16-6-7-22(36(27(28)29)41(3,38)39)32-24(16)35(20)13-15-4-5-15/h6-7,10-12,15,18,27H,4-5,8-9,13-14,30H2,1-3H3/t18-/m0/s1. The largest absolute Gasteiger partial charge is 0.494 e. The Balaban J connectivity index is 1.50. The number of alkyl halides is 2. The van der Waals surface area contributed by atoms with E-state index >= 15 is 0 Å². The highest BCUT2D eigenvalue weighted by atomic mass is 32.2. The molecule has 0 spiro atoms. The average molecular weight is 588 g/mol. The summed E-state index contributed by atoms with van der Waals surface area (Å²) in [6.07, 6.45) is 3.52. The molecule has 1 amide bonds. The fourth-order valence-corrected chi connectivity index (χ4v) is 6.29. The number of hydrogen-bond donors (Lipinski definition) is 1. The van der Waals surface area contributed by atoms with Gasteiger partial charge in [0.15, 0.2) is 5.82 Å². The third-order valence-corrected chi connectivity index (χ3v) is 8.83. The second-order valence-electron chi connectivity index (χ2n) is 10.8. The highest BCUT2D eigenvalue weighted by molar-refractivity contribution is 7.92. The number of fused-ring (bicyclic) bond motifs is 2. The highest BCUT2D eigenvalue weighted by Gasteiger charge is 2.31. The van der Waals surface area contributed by atoms with E-state index in [2.05, 4.69) is 4.98 Å². The maximum absolute atomic E-state index is 13.8. The van der Waals surface area contributed by atoms with Crippen LogP contribution >= 0.6 is 0 Å². The predicted octanol–water partition coefficient (Wildman–Crippen LogP) is 3.17. The molecule has 1 aromatic carbocycles. The molecule has 1 atom stereocenters. The summed E-state index contributed by atoms with van der Waals surface area (Å²) in [6.45, 7) is -1.62. The van der Waals surface area contributed by atoms with Crippen molar-refractivity contribution in [2.75, 3.05) is 30.8 Å². The molecule has 2 aliphatic rings. The summed E-state index contributed by atoms with van der Waals surface area (Å²) >= 11 is 0. The number of aryl methyl sites for hydroxylation is 1. The second kappa shape index (κ2) is 9.94. The number of nitrogens with zero attached hydrogens (tertiary/aromatic N) is 6. The van der Waals surface area contributed by atoms with Gasteiger partial charge in [-0.05, 0) is 55.5 Å². The van der Waals surface area contributed by atoms with Crippen LogP contribution in [0.5, 0.6) is 5.75 Å². The van der Waals surface area contributed by atoms with Crippen molar-refractivity contribution in [2.24, 2.45) is 18.7 Å². The summed E-state index contributed by atoms with van der Waals surface area (Å²) in [5.74, 6) is 0.949. The van der Waals surface area contributed by atoms with Gasteiger partial charge in [-0.25, -0.2) is 18.4 Å². The van der Waals surface area contributed by atoms with Crippen molar-refractivity contribution in [3.05, 3.63) is 35.9 Å². The molecule has 1 aliphatic heterocycles. The van der Waals surface area contributed by atoms with E-state index < -0.39 is 16.6 Å². The molecule has 1 saturated carbocycles. The number of pyridine rings is 1. The normalized spacial score (nSPS) is 17.7. The number of methoxy groups -OCH3 is 1. The molecule has 14 heteroatoms. The number of sulfonamides is 1. The smallest absolute Gasteiger partial charge is 0.329 e. The van der Waals surface area contributed by atoms with E-state index in [1.807, 2.05) is 22.2 Å². The Morgan fingerprint density at radius 2 is 1.95 bits per heavy atom. The SMILES string of the molecule is COc1cc(C(=O)N2CC[C@H](N)C2)cc2nc(-c3cc4ccc(N(C(F)F)S(C)(=O)=O)nc4n3CC3CC3)n(C)c12. The van der Waals surface area contributed by atoms with Gasteiger partial charge in [0.1, 0.15) is 22.7 Å². The van der Waals surface area contributed by atoms with Crippen LogP contribution in [0.4, 0.5) is 14.6 Å². The van der Waals surface area contributed by atoms with Crippen molar-refractivity contribution in [1.29, 1.82) is 0 Å². The lowest BCUT2D eigenvalue weighted by Gasteiger charge is -2.20. The molecule has 0 bridgehead atoms. The van der Waals surface area contributed by atoms with Crippen LogP contribution < -0.4 is 14.8 Å². The molecule has 11 nitrogen and oxygen atoms in total. The summed E-state index contributed by atoms with van der Waals surface area (Å²) < 4.78 is 61.3. The highest BCUT2D eigenvalue weighted by Crippen LogP contribution is 2.38. The number of benzene rings is 1. The van der Waals surface area contributed by atoms with Crippen molar-refractivity contribution in [1.82, 2.24) is 24.0 Å². The van der Waals surface area contributed by atoms with Gasteiger partial charge in [0.05, 0.1) is 24.6 Å². The molecular weight excluding hydrogens is 556 g/mol. The Hall–Kier alpha value is -3.78. The van der Waals surface area contributed by atoms with E-state index in [1.165, 1.54) is 13.2 Å². The first-order valence-corrected chi connectivity index (χ1v) is 15.2. The van der Waals surface area contributed by atoms with Crippen molar-refractivity contribution in [3.8, 4) is 17.3 Å². The number of imidazole rings is 1. The summed E-state index contributed by atoms with van der Waals surface area (Å²) in [7, 11) is -0.887. The maximum atomic E-state index is 13.8. The minimum atomic E-state index is -4.26. The van der Waals surface area contributed by atoms with Gasteiger partial charge in [-0.3, -0.25) is 4.79 Å². The lowest BCUT2D eigenvalue weighted by Crippen LogP contribution is -2.35. The third-order valence-electron chi connectivity index (χ3n) is 7.77. The minimum absolute atomic E-state index is 0.0201. The number of likely N-dealkylation sites (tertiary alicyclic amines) is 1. The molecule has 2 fully saturated rings. The van der Waals surface area contributed by atoms with Crippen molar-refractivity contribution in [3.63, 3.8) is 0 Å². The van der Waals surface area contributed by atoms with Crippen LogP contribution in [0.25, 0.3) is 33.6 Å². The van der Waals surface area contributed by atoms with Crippen LogP contribution in [0.15, 0.2) is 30.3 Å². The lowest BCUT2D eigenvalue weighted by atomic mass is 10.1. The first-order valence-electron chi connectivity index (χ1n) is 13.3. The van der Waals surface area contributed by atoms with Gasteiger partial charge in [-0.15, -0.1) is 0 Å². The molecular formula is C27H31F2N7O4S. The number of nitrogens with two attached hydrogens (primary N) is 1. The number of aromatic nitrogens is 4. The Bertz CT molecular complexity index is 1780. The van der Waals surface area contributed by atoms with Gasteiger partial charge >= 0.3 is 6.55 Å². The quantitative estimate of drug-likeness (QED) is 0.314. The molecule has 3 aromatic heterocycles. The molecule has 1 aliphatic carbocycles. The van der Waals surface area contributed by atoms with Gasteiger partial charge in [0.25, 0.3) is 5.91 Å². The number of carbonyl (C=O) groups is 1. The number of halogens is 2. The summed E-state index contributed by atoms with van der Waals surface area (Å²) in [4.78, 5) is 24.3. The summed E-state index contributed by atoms with van der Waals surface area (Å²) in [6, 6.07) is 8.14. The monoisotopic (exact) mass is 587 g/mol. The molecule has 1 saturated heterocycles. The van der Waals surface area contributed by atoms with Gasteiger partial charge in [0.2, 0.25) is 10.0 Å². The van der Waals surface area contributed by atoms with Crippen molar-refractivity contribution >= 4 is 43.8 Å². The van der Waals surface area contributed by atoms with Crippen LogP contribution in [0.2, 0.25) is 0 Å². The van der Waals surface area contributed by atoms with E-state index in [0.29, 0.717) is 70.5 Å². The predicted molar refractivity (Wildman–Crippen MR) is 151 cm³/mol. The van der Waals surface area contributed by atoms with Crippen LogP contribution in [-0.2, 0) is 23.6 Å². The molecule has 4 heterocycles. The number of rotatable bonds is 8. The third kappa shape index (κ3) is 4.88. The van der Waals surface area contributed by atoms with E-state index in [0.717, 1.165) is 25.5 Å². The number of amides is 1. The summed E-state index contributed by atoms with van der Waals surface area (Å²) in [5, 5.41) is 0.660. The average Bonchev–Trinajstić information content (AvgIpc) is 3.38. The number of hydrogen-bond acceptors (Lipinski definition) is 7. The zero-order valence-corrected chi connectivity index (χ0v) is 23.7. The minimum Gasteiger partial charge on any atom is -0.494 e. The molecule has 218 valence electrons. The Kier molecular flexibility index (Phi) is 6.64. The van der Waals surface area contributed by atoms with Crippen LogP contribution in [0.3, 0.4) is 0 Å². The Morgan fingerprint density at radius 1 is 1.20 bits per heavy atom. The van der Waals surface area contributed by atoms with Gasteiger partial charge in [-0.1, -0.05) is 0 Å². The van der Waals surface area contributed by atoms with Crippen LogP contribution in [-0.4, -0.2) is 77.4 Å². The zero-order valence-electron chi connectivity index (χ0n) is 22.9. The molecule has 0 unspecified atom stereocenters. The maximum Gasteiger partial charge on any atom is 0.329 e. The Labute approximate surface area is 235 Å². The lowest BCUT2D eigenvalue weighted by molar-refractivity contribution is 0.0790. The topological polar surface area (TPSA) is 129 Å². The number of ether oxygens (including phenoxy) is 1. The van der Waals surface area contributed by atoms with Crippen LogP contribution in [0, 0.1) is 5.92 Å². The first kappa shape index (κ1) is 27.4. The fourth-order valence-electron chi connectivity index (χ4n) is 5.56. The van der Waals surface area contributed by atoms with E-state index in [1.54, 1.807) is 23.1 Å². The fraction of sp³-hybridized carbons (Fsp3) is 0.444. The van der Waals surface area contributed by atoms with E-state index in [-0.39, 0.29) is 22.1 Å². The van der Waals surface area contributed by atoms with Gasteiger partial charge in [0, 0.05) is 43.7 Å². The summed E-state index contributed by atoms with van der Waals surface area (Å²) in [5.41, 5.74) is 8.79. The number of anilines is 1.